The lowest BCUT2D eigenvalue weighted by Gasteiger charge is -2.42. The maximum atomic E-state index is 13.3. The van der Waals surface area contributed by atoms with Gasteiger partial charge in [-0.05, 0) is 42.3 Å². The molecular weight excluding hydrogens is 473 g/mol. The maximum Gasteiger partial charge on any atom is 0.255 e. The van der Waals surface area contributed by atoms with Crippen molar-refractivity contribution in [1.29, 1.82) is 5.26 Å². The molecule has 34 heavy (non-hydrogen) atoms. The van der Waals surface area contributed by atoms with Crippen molar-refractivity contribution in [3.63, 3.8) is 0 Å². The molecule has 2 aliphatic rings. The van der Waals surface area contributed by atoms with Crippen LogP contribution < -0.4 is 0 Å². The van der Waals surface area contributed by atoms with E-state index in [1.165, 1.54) is 0 Å². The Hall–Kier alpha value is -2.63. The number of ether oxygens (including phenoxy) is 1. The third-order valence-corrected chi connectivity index (χ3v) is 7.67. The molecular formula is C25H25Cl2N5O2. The van der Waals surface area contributed by atoms with E-state index in [0.29, 0.717) is 52.3 Å². The number of imidazole rings is 1. The second-order valence-corrected chi connectivity index (χ2v) is 9.73. The van der Waals surface area contributed by atoms with Gasteiger partial charge in [-0.2, -0.15) is 5.26 Å². The van der Waals surface area contributed by atoms with Gasteiger partial charge in [-0.1, -0.05) is 23.2 Å². The van der Waals surface area contributed by atoms with Gasteiger partial charge in [0.15, 0.2) is 0 Å². The molecule has 0 atom stereocenters. The minimum atomic E-state index is -0.0769. The number of aromatic nitrogens is 2. The second kappa shape index (κ2) is 9.20. The molecule has 2 aliphatic heterocycles. The van der Waals surface area contributed by atoms with Crippen LogP contribution in [-0.2, 0) is 18.2 Å². The average molecular weight is 498 g/mol. The minimum absolute atomic E-state index is 0.0769. The molecule has 7 nitrogen and oxygen atoms in total. The van der Waals surface area contributed by atoms with E-state index in [1.807, 2.05) is 35.6 Å². The number of amides is 1. The van der Waals surface area contributed by atoms with Crippen molar-refractivity contribution >= 4 is 40.1 Å². The second-order valence-electron chi connectivity index (χ2n) is 8.94. The summed E-state index contributed by atoms with van der Waals surface area (Å²) in [5.74, 6) is 0.685. The van der Waals surface area contributed by atoms with Gasteiger partial charge in [-0.15, -0.1) is 0 Å². The van der Waals surface area contributed by atoms with Crippen LogP contribution in [0, 0.1) is 18.3 Å². The zero-order valence-electron chi connectivity index (χ0n) is 19.1. The Morgan fingerprint density at radius 1 is 1.21 bits per heavy atom. The SMILES string of the molecule is Cc1cc(C#N)cc2c1nc(Cc1c(Cl)ccc(C(=O)N3CCN(C4COC4)CC3)c1Cl)n2C. The van der Waals surface area contributed by atoms with Crippen molar-refractivity contribution in [3.8, 4) is 6.07 Å². The molecule has 9 heteroatoms. The van der Waals surface area contributed by atoms with Gasteiger partial charge in [-0.3, -0.25) is 9.69 Å². The Bertz CT molecular complexity index is 1320. The van der Waals surface area contributed by atoms with Gasteiger partial charge in [0.2, 0.25) is 0 Å². The van der Waals surface area contributed by atoms with E-state index in [0.717, 1.165) is 48.7 Å². The van der Waals surface area contributed by atoms with E-state index in [1.54, 1.807) is 12.1 Å². The first-order chi connectivity index (χ1) is 16.4. The molecule has 0 unspecified atom stereocenters. The molecule has 1 aromatic heterocycles. The van der Waals surface area contributed by atoms with Crippen molar-refractivity contribution in [3.05, 3.63) is 62.4 Å². The number of hydrogen-bond acceptors (Lipinski definition) is 5. The fourth-order valence-corrected chi connectivity index (χ4v) is 5.29. The topological polar surface area (TPSA) is 74.4 Å². The summed E-state index contributed by atoms with van der Waals surface area (Å²) >= 11 is 13.3. The highest BCUT2D eigenvalue weighted by Crippen LogP contribution is 2.32. The van der Waals surface area contributed by atoms with Crippen LogP contribution in [0.2, 0.25) is 10.0 Å². The summed E-state index contributed by atoms with van der Waals surface area (Å²) in [7, 11) is 1.91. The molecule has 2 saturated heterocycles. The molecule has 176 valence electrons. The number of rotatable bonds is 4. The Morgan fingerprint density at radius 3 is 2.59 bits per heavy atom. The number of halogens is 2. The van der Waals surface area contributed by atoms with E-state index in [9.17, 15) is 10.1 Å². The molecule has 0 bridgehead atoms. The number of benzene rings is 2. The van der Waals surface area contributed by atoms with Gasteiger partial charge in [-0.25, -0.2) is 4.98 Å². The summed E-state index contributed by atoms with van der Waals surface area (Å²) in [5.41, 5.74) is 4.38. The van der Waals surface area contributed by atoms with Crippen LogP contribution >= 0.6 is 23.2 Å². The van der Waals surface area contributed by atoms with E-state index >= 15 is 0 Å². The zero-order chi connectivity index (χ0) is 24.0. The standard InChI is InChI=1S/C25H25Cl2N5O2/c1-15-9-16(12-28)10-21-24(15)29-22(30(21)2)11-19-20(26)4-3-18(23(19)27)25(33)32-7-5-31(6-8-32)17-13-34-14-17/h3-4,9-10,17H,5-8,11,13-14H2,1-2H3. The highest BCUT2D eigenvalue weighted by atomic mass is 35.5. The first-order valence-corrected chi connectivity index (χ1v) is 12.1. The molecule has 0 spiro atoms. The number of piperazine rings is 1. The first-order valence-electron chi connectivity index (χ1n) is 11.3. The number of nitriles is 1. The van der Waals surface area contributed by atoms with Gasteiger partial charge in [0, 0.05) is 44.7 Å². The fourth-order valence-electron chi connectivity index (χ4n) is 4.71. The predicted octanol–water partition coefficient (Wildman–Crippen LogP) is 3.81. The van der Waals surface area contributed by atoms with Crippen LogP contribution in [-0.4, -0.2) is 70.7 Å². The number of carbonyl (C=O) groups excluding carboxylic acids is 1. The smallest absolute Gasteiger partial charge is 0.255 e. The number of fused-ring (bicyclic) bond motifs is 1. The van der Waals surface area contributed by atoms with Gasteiger partial charge in [0.1, 0.15) is 5.82 Å². The Morgan fingerprint density at radius 2 is 1.94 bits per heavy atom. The largest absolute Gasteiger partial charge is 0.378 e. The number of hydrogen-bond donors (Lipinski definition) is 0. The summed E-state index contributed by atoms with van der Waals surface area (Å²) in [5, 5.41) is 10.2. The Balaban J connectivity index is 1.41. The summed E-state index contributed by atoms with van der Waals surface area (Å²) in [6.07, 6.45) is 0.376. The molecule has 0 saturated carbocycles. The lowest BCUT2D eigenvalue weighted by molar-refractivity contribution is -0.0746. The van der Waals surface area contributed by atoms with Crippen molar-refractivity contribution < 1.29 is 9.53 Å². The molecule has 0 N–H and O–H groups in total. The molecule has 0 radical (unpaired) electrons. The van der Waals surface area contributed by atoms with Crippen LogP contribution in [0.4, 0.5) is 0 Å². The summed E-state index contributed by atoms with van der Waals surface area (Å²) in [6.45, 7) is 6.49. The Labute approximate surface area is 208 Å². The molecule has 2 fully saturated rings. The van der Waals surface area contributed by atoms with Crippen LogP contribution in [0.5, 0.6) is 0 Å². The van der Waals surface area contributed by atoms with E-state index < -0.39 is 0 Å². The molecule has 5 rings (SSSR count). The number of nitrogens with zero attached hydrogens (tertiary/aromatic N) is 5. The van der Waals surface area contributed by atoms with E-state index in [-0.39, 0.29) is 5.91 Å². The summed E-state index contributed by atoms with van der Waals surface area (Å²) < 4.78 is 7.25. The molecule has 2 aromatic carbocycles. The summed E-state index contributed by atoms with van der Waals surface area (Å²) in [4.78, 5) is 22.4. The molecule has 0 aliphatic carbocycles. The van der Waals surface area contributed by atoms with Gasteiger partial charge in [0.25, 0.3) is 5.91 Å². The van der Waals surface area contributed by atoms with Crippen molar-refractivity contribution in [2.75, 3.05) is 39.4 Å². The fraction of sp³-hybridized carbons (Fsp3) is 0.400. The summed E-state index contributed by atoms with van der Waals surface area (Å²) in [6, 6.07) is 9.78. The van der Waals surface area contributed by atoms with Crippen molar-refractivity contribution in [1.82, 2.24) is 19.4 Å². The maximum absolute atomic E-state index is 13.3. The zero-order valence-corrected chi connectivity index (χ0v) is 20.7. The Kier molecular flexibility index (Phi) is 6.26. The van der Waals surface area contributed by atoms with Crippen LogP contribution in [0.25, 0.3) is 11.0 Å². The van der Waals surface area contributed by atoms with Gasteiger partial charge < -0.3 is 14.2 Å². The minimum Gasteiger partial charge on any atom is -0.378 e. The quantitative estimate of drug-likeness (QED) is 0.547. The highest BCUT2D eigenvalue weighted by molar-refractivity contribution is 6.38. The highest BCUT2D eigenvalue weighted by Gasteiger charge is 2.31. The lowest BCUT2D eigenvalue weighted by atomic mass is 10.1. The van der Waals surface area contributed by atoms with Crippen molar-refractivity contribution in [2.45, 2.75) is 19.4 Å². The van der Waals surface area contributed by atoms with Crippen LogP contribution in [0.15, 0.2) is 24.3 Å². The first kappa shape index (κ1) is 23.1. The van der Waals surface area contributed by atoms with E-state index in [4.69, 9.17) is 32.9 Å². The van der Waals surface area contributed by atoms with Gasteiger partial charge >= 0.3 is 0 Å². The number of carbonyl (C=O) groups is 1. The molecule has 1 amide bonds. The monoisotopic (exact) mass is 497 g/mol. The average Bonchev–Trinajstić information content (AvgIpc) is 3.11. The van der Waals surface area contributed by atoms with Crippen LogP contribution in [0.1, 0.15) is 32.9 Å². The molecule has 3 heterocycles. The van der Waals surface area contributed by atoms with E-state index in [2.05, 4.69) is 11.0 Å². The van der Waals surface area contributed by atoms with Crippen molar-refractivity contribution in [2.24, 2.45) is 7.05 Å². The number of aryl methyl sites for hydroxylation is 2. The van der Waals surface area contributed by atoms with Crippen LogP contribution in [0.3, 0.4) is 0 Å². The lowest BCUT2D eigenvalue weighted by Crippen LogP contribution is -2.57. The predicted molar refractivity (Wildman–Crippen MR) is 132 cm³/mol. The normalized spacial score (nSPS) is 17.1. The molecule has 3 aromatic rings. The van der Waals surface area contributed by atoms with Gasteiger partial charge in [0.05, 0.1) is 52.5 Å². The third-order valence-electron chi connectivity index (χ3n) is 6.89. The third kappa shape index (κ3) is 4.05.